The van der Waals surface area contributed by atoms with Gasteiger partial charge in [0.1, 0.15) is 0 Å². The summed E-state index contributed by atoms with van der Waals surface area (Å²) in [7, 11) is 0. The Morgan fingerprint density at radius 1 is 0.730 bits per heavy atom. The molecule has 3 aromatic rings. The fourth-order valence-corrected chi connectivity index (χ4v) is 14.4. The van der Waals surface area contributed by atoms with Gasteiger partial charge in [-0.15, -0.1) is 0 Å². The third kappa shape index (κ3) is 5.12. The maximum atomic E-state index is 6.45. The monoisotopic (exact) mass is 584 g/mol. The van der Waals surface area contributed by atoms with Crippen molar-refractivity contribution in [3.8, 4) is 11.1 Å². The van der Waals surface area contributed by atoms with Gasteiger partial charge in [-0.05, 0) is 0 Å². The van der Waals surface area contributed by atoms with Crippen LogP contribution in [0.15, 0.2) is 72.8 Å². The number of aryl methyl sites for hydroxylation is 2. The van der Waals surface area contributed by atoms with Crippen LogP contribution in [-0.4, -0.2) is 3.71 Å². The van der Waals surface area contributed by atoms with Crippen molar-refractivity contribution in [3.63, 3.8) is 0 Å². The Morgan fingerprint density at radius 3 is 1.70 bits per heavy atom. The van der Waals surface area contributed by atoms with Crippen LogP contribution in [0.25, 0.3) is 11.1 Å². The number of benzene rings is 3. The van der Waals surface area contributed by atoms with E-state index in [1.165, 1.54) is 38.9 Å². The van der Waals surface area contributed by atoms with Crippen LogP contribution in [-0.2, 0) is 32.1 Å². The summed E-state index contributed by atoms with van der Waals surface area (Å²) in [5, 5.41) is 0.817. The van der Waals surface area contributed by atoms with Crippen LogP contribution in [0.3, 0.4) is 0 Å². The molecule has 0 aromatic heterocycles. The Hall–Kier alpha value is -1.82. The van der Waals surface area contributed by atoms with Crippen molar-refractivity contribution >= 4 is 15.3 Å². The second-order valence-corrected chi connectivity index (χ2v) is 19.6. The minimum absolute atomic E-state index is 0.111. The molecule has 0 spiro atoms. The topological polar surface area (TPSA) is 0 Å². The van der Waals surface area contributed by atoms with Crippen LogP contribution < -0.4 is 0 Å². The van der Waals surface area contributed by atoms with E-state index in [2.05, 4.69) is 126 Å². The van der Waals surface area contributed by atoms with Crippen molar-refractivity contribution in [1.29, 1.82) is 0 Å². The molecule has 0 saturated heterocycles. The van der Waals surface area contributed by atoms with Crippen molar-refractivity contribution in [3.05, 3.63) is 117 Å². The van der Waals surface area contributed by atoms with E-state index in [4.69, 9.17) is 11.6 Å². The van der Waals surface area contributed by atoms with Gasteiger partial charge in [0.05, 0.1) is 0 Å². The van der Waals surface area contributed by atoms with Crippen molar-refractivity contribution in [2.45, 2.75) is 73.5 Å². The van der Waals surface area contributed by atoms with Crippen LogP contribution >= 0.6 is 11.6 Å². The Bertz CT molecular complexity index is 1390. The van der Waals surface area contributed by atoms with Crippen LogP contribution in [0.2, 0.25) is 8.65 Å². The van der Waals surface area contributed by atoms with Gasteiger partial charge in [0.25, 0.3) is 0 Å². The first-order chi connectivity index (χ1) is 17.3. The molecule has 2 aliphatic rings. The third-order valence-electron chi connectivity index (χ3n) is 7.97. The SMILES string of the molecule is Cc1cc2c(cc1C(C)(C)C)-c1cc(C(C)(C)C)c(C)cc1[CH]2[Zr](=[CH]c1cccc(Cl)c1)[CH]1C=CC=C1. The van der Waals surface area contributed by atoms with Gasteiger partial charge < -0.3 is 0 Å². The molecule has 0 radical (unpaired) electrons. The van der Waals surface area contributed by atoms with Gasteiger partial charge in [0.2, 0.25) is 0 Å². The Labute approximate surface area is 236 Å². The molecule has 0 bridgehead atoms. The van der Waals surface area contributed by atoms with E-state index in [0.717, 1.165) is 5.02 Å². The number of hydrogen-bond donors (Lipinski definition) is 0. The molecule has 5 rings (SSSR count). The summed E-state index contributed by atoms with van der Waals surface area (Å²) in [4.78, 5) is 0. The van der Waals surface area contributed by atoms with E-state index in [9.17, 15) is 0 Å². The zero-order valence-corrected chi connectivity index (χ0v) is 26.8. The molecule has 0 saturated carbocycles. The summed E-state index contributed by atoms with van der Waals surface area (Å²) in [5.41, 5.74) is 13.3. The number of hydrogen-bond acceptors (Lipinski definition) is 0. The molecule has 2 aliphatic carbocycles. The van der Waals surface area contributed by atoms with Crippen molar-refractivity contribution < 1.29 is 21.3 Å². The van der Waals surface area contributed by atoms with Crippen LogP contribution in [0, 0.1) is 13.8 Å². The van der Waals surface area contributed by atoms with Crippen molar-refractivity contribution in [1.82, 2.24) is 0 Å². The number of allylic oxidation sites excluding steroid dienone is 4. The van der Waals surface area contributed by atoms with E-state index in [1.807, 2.05) is 6.07 Å². The molecule has 0 N–H and O–H groups in total. The van der Waals surface area contributed by atoms with Gasteiger partial charge in [-0.3, -0.25) is 0 Å². The normalized spacial score (nSPS) is 16.0. The van der Waals surface area contributed by atoms with Crippen molar-refractivity contribution in [2.75, 3.05) is 0 Å². The Morgan fingerprint density at radius 2 is 1.24 bits per heavy atom. The fraction of sp³-hybridized carbons (Fsp3) is 0.343. The molecule has 0 fully saturated rings. The van der Waals surface area contributed by atoms with Gasteiger partial charge in [0.15, 0.2) is 0 Å². The van der Waals surface area contributed by atoms with Gasteiger partial charge in [-0.1, -0.05) is 0 Å². The molecule has 0 unspecified atom stereocenters. The first kappa shape index (κ1) is 26.8. The summed E-state index contributed by atoms with van der Waals surface area (Å²) in [6.07, 6.45) is 9.38. The Kier molecular flexibility index (Phi) is 7.04. The zero-order valence-electron chi connectivity index (χ0n) is 23.5. The standard InChI is InChI=1S/C23H29.C7H5Cl.C5H5.Zr/c1-14-9-16-11-17-10-15(2)21(23(6,7)8)13-19(17)18(16)12-20(14)22(3,4)5;1-6-3-2-4-7(8)5-6;1-2-4-5-3-1;/h9-13H,1-8H3;1-5H;1-5H;. The predicted octanol–water partition coefficient (Wildman–Crippen LogP) is 10.0. The van der Waals surface area contributed by atoms with Gasteiger partial charge in [-0.25, -0.2) is 0 Å². The maximum absolute atomic E-state index is 6.45. The summed E-state index contributed by atoms with van der Waals surface area (Å²) >= 11 is 4.10. The molecular formula is C35H39ClZr. The van der Waals surface area contributed by atoms with Crippen LogP contribution in [0.4, 0.5) is 0 Å². The van der Waals surface area contributed by atoms with Crippen molar-refractivity contribution in [2.24, 2.45) is 0 Å². The number of rotatable bonds is 3. The first-order valence-corrected chi connectivity index (χ1v) is 18.1. The van der Waals surface area contributed by atoms with E-state index in [1.54, 1.807) is 11.1 Å². The van der Waals surface area contributed by atoms with Gasteiger partial charge in [-0.2, -0.15) is 0 Å². The second-order valence-electron chi connectivity index (χ2n) is 12.9. The summed E-state index contributed by atoms with van der Waals surface area (Å²) in [6, 6.07) is 18.6. The van der Waals surface area contributed by atoms with E-state index < -0.39 is 21.3 Å². The minimum atomic E-state index is -2.35. The van der Waals surface area contributed by atoms with E-state index >= 15 is 0 Å². The van der Waals surface area contributed by atoms with Crippen LogP contribution in [0.1, 0.15) is 84.1 Å². The molecule has 0 aliphatic heterocycles. The molecule has 2 heteroatoms. The predicted molar refractivity (Wildman–Crippen MR) is 159 cm³/mol. The van der Waals surface area contributed by atoms with E-state index in [-0.39, 0.29) is 10.8 Å². The quantitative estimate of drug-likeness (QED) is 0.287. The molecule has 0 nitrogen and oxygen atoms in total. The molecule has 3 aromatic carbocycles. The molecule has 190 valence electrons. The Balaban J connectivity index is 1.82. The van der Waals surface area contributed by atoms with Crippen LogP contribution in [0.5, 0.6) is 0 Å². The molecular weight excluding hydrogens is 547 g/mol. The first-order valence-electron chi connectivity index (χ1n) is 13.5. The summed E-state index contributed by atoms with van der Waals surface area (Å²) in [5.74, 6) is 0. The molecule has 0 atom stereocenters. The third-order valence-corrected chi connectivity index (χ3v) is 15.8. The molecule has 0 heterocycles. The average molecular weight is 586 g/mol. The second kappa shape index (κ2) is 9.73. The zero-order chi connectivity index (χ0) is 26.7. The van der Waals surface area contributed by atoms with Gasteiger partial charge in [0, 0.05) is 0 Å². The molecule has 0 amide bonds. The summed E-state index contributed by atoms with van der Waals surface area (Å²) in [6.45, 7) is 18.7. The number of fused-ring (bicyclic) bond motifs is 3. The van der Waals surface area contributed by atoms with Gasteiger partial charge >= 0.3 is 238 Å². The summed E-state index contributed by atoms with van der Waals surface area (Å²) < 4.78 is 3.67. The molecule has 37 heavy (non-hydrogen) atoms. The average Bonchev–Trinajstić information content (AvgIpc) is 3.41. The number of halogens is 1. The fourth-order valence-electron chi connectivity index (χ4n) is 6.36. The van der Waals surface area contributed by atoms with E-state index in [0.29, 0.717) is 7.25 Å².